The zero-order chi connectivity index (χ0) is 6.04. The van der Waals surface area contributed by atoms with Crippen LogP contribution in [0.25, 0.3) is 0 Å². The molecule has 8 heavy (non-hydrogen) atoms. The van der Waals surface area contributed by atoms with Crippen LogP contribution in [0.3, 0.4) is 0 Å². The molecule has 0 aliphatic carbocycles. The molecule has 0 amide bonds. The lowest BCUT2D eigenvalue weighted by Gasteiger charge is -2.21. The minimum atomic E-state index is -0.0139. The molecular formula is C6H14N2. The number of rotatable bonds is 1. The molecule has 3 N–H and O–H groups in total. The summed E-state index contributed by atoms with van der Waals surface area (Å²) >= 11 is 0. The molecule has 2 nitrogen and oxygen atoms in total. The van der Waals surface area contributed by atoms with Crippen LogP contribution in [0.5, 0.6) is 0 Å². The van der Waals surface area contributed by atoms with Gasteiger partial charge in [0.15, 0.2) is 0 Å². The molecule has 0 aromatic carbocycles. The number of hydrogen-bond donors (Lipinski definition) is 2. The molecular weight excluding hydrogens is 100 g/mol. The molecule has 48 valence electrons. The number of nitrogens with one attached hydrogen (secondary N) is 1. The van der Waals surface area contributed by atoms with Gasteiger partial charge in [-0.15, -0.1) is 0 Å². The van der Waals surface area contributed by atoms with Gasteiger partial charge in [-0.1, -0.05) is 6.92 Å². The average Bonchev–Trinajstić information content (AvgIpc) is 2.17. The molecule has 1 aliphatic heterocycles. The van der Waals surface area contributed by atoms with E-state index in [9.17, 15) is 0 Å². The van der Waals surface area contributed by atoms with Gasteiger partial charge in [-0.05, 0) is 25.8 Å². The Kier molecular flexibility index (Phi) is 1.54. The minimum absolute atomic E-state index is 0.0139. The molecule has 1 heterocycles. The van der Waals surface area contributed by atoms with E-state index in [1.54, 1.807) is 0 Å². The Morgan fingerprint density at radius 3 is 2.75 bits per heavy atom. The molecule has 0 saturated carbocycles. The van der Waals surface area contributed by atoms with Crippen LogP contribution in [0.1, 0.15) is 26.2 Å². The summed E-state index contributed by atoms with van der Waals surface area (Å²) in [5.41, 5.74) is 5.83. The molecule has 1 atom stereocenters. The monoisotopic (exact) mass is 114 g/mol. The lowest BCUT2D eigenvalue weighted by atomic mass is 10.1. The van der Waals surface area contributed by atoms with Gasteiger partial charge in [0.1, 0.15) is 0 Å². The average molecular weight is 114 g/mol. The minimum Gasteiger partial charge on any atom is -0.313 e. The third-order valence-corrected chi connectivity index (χ3v) is 1.91. The van der Waals surface area contributed by atoms with Crippen LogP contribution >= 0.6 is 0 Å². The highest BCUT2D eigenvalue weighted by atomic mass is 15.1. The van der Waals surface area contributed by atoms with E-state index in [1.807, 2.05) is 0 Å². The second-order valence-electron chi connectivity index (χ2n) is 2.54. The van der Waals surface area contributed by atoms with Crippen LogP contribution < -0.4 is 11.1 Å². The predicted molar refractivity (Wildman–Crippen MR) is 34.4 cm³/mol. The Bertz CT molecular complexity index is 74.6. The van der Waals surface area contributed by atoms with Crippen molar-refractivity contribution in [2.75, 3.05) is 6.54 Å². The highest BCUT2D eigenvalue weighted by molar-refractivity contribution is 4.84. The first-order valence-electron chi connectivity index (χ1n) is 3.31. The van der Waals surface area contributed by atoms with Crippen molar-refractivity contribution in [3.8, 4) is 0 Å². The summed E-state index contributed by atoms with van der Waals surface area (Å²) in [5, 5.41) is 3.26. The quantitative estimate of drug-likeness (QED) is 0.519. The Morgan fingerprint density at radius 2 is 2.50 bits per heavy atom. The summed E-state index contributed by atoms with van der Waals surface area (Å²) in [5.74, 6) is 0. The smallest absolute Gasteiger partial charge is 0.0659 e. The number of hydrogen-bond acceptors (Lipinski definition) is 2. The fraction of sp³-hybridized carbons (Fsp3) is 1.00. The maximum absolute atomic E-state index is 5.85. The van der Waals surface area contributed by atoms with Gasteiger partial charge in [0.25, 0.3) is 0 Å². The van der Waals surface area contributed by atoms with Gasteiger partial charge >= 0.3 is 0 Å². The van der Waals surface area contributed by atoms with Crippen molar-refractivity contribution in [2.24, 2.45) is 5.73 Å². The topological polar surface area (TPSA) is 38.0 Å². The van der Waals surface area contributed by atoms with Crippen molar-refractivity contribution in [3.63, 3.8) is 0 Å². The highest BCUT2D eigenvalue weighted by Gasteiger charge is 2.25. The van der Waals surface area contributed by atoms with E-state index in [0.29, 0.717) is 0 Å². The highest BCUT2D eigenvalue weighted by Crippen LogP contribution is 2.15. The van der Waals surface area contributed by atoms with E-state index >= 15 is 0 Å². The van der Waals surface area contributed by atoms with Crippen LogP contribution in [-0.2, 0) is 0 Å². The van der Waals surface area contributed by atoms with Crippen molar-refractivity contribution >= 4 is 0 Å². The molecule has 1 saturated heterocycles. The van der Waals surface area contributed by atoms with Crippen LogP contribution in [-0.4, -0.2) is 12.2 Å². The van der Waals surface area contributed by atoms with Gasteiger partial charge in [-0.25, -0.2) is 0 Å². The van der Waals surface area contributed by atoms with Crippen molar-refractivity contribution in [1.82, 2.24) is 5.32 Å². The van der Waals surface area contributed by atoms with Gasteiger partial charge in [-0.3, -0.25) is 5.32 Å². The fourth-order valence-corrected chi connectivity index (χ4v) is 1.13. The summed E-state index contributed by atoms with van der Waals surface area (Å²) in [7, 11) is 0. The molecule has 0 radical (unpaired) electrons. The van der Waals surface area contributed by atoms with Crippen LogP contribution in [0, 0.1) is 0 Å². The Hall–Kier alpha value is -0.0800. The summed E-state index contributed by atoms with van der Waals surface area (Å²) in [6.45, 7) is 3.22. The van der Waals surface area contributed by atoms with Crippen LogP contribution in [0.4, 0.5) is 0 Å². The molecule has 1 rings (SSSR count). The summed E-state index contributed by atoms with van der Waals surface area (Å²) in [4.78, 5) is 0. The van der Waals surface area contributed by atoms with Gasteiger partial charge in [0.05, 0.1) is 5.66 Å². The van der Waals surface area contributed by atoms with E-state index in [-0.39, 0.29) is 5.66 Å². The van der Waals surface area contributed by atoms with E-state index in [4.69, 9.17) is 5.73 Å². The maximum Gasteiger partial charge on any atom is 0.0659 e. The molecule has 0 aromatic heterocycles. The lowest BCUT2D eigenvalue weighted by Crippen LogP contribution is -2.47. The first-order valence-corrected chi connectivity index (χ1v) is 3.31. The van der Waals surface area contributed by atoms with Crippen LogP contribution in [0.2, 0.25) is 0 Å². The third kappa shape index (κ3) is 1.01. The van der Waals surface area contributed by atoms with E-state index in [0.717, 1.165) is 19.4 Å². The van der Waals surface area contributed by atoms with Gasteiger partial charge < -0.3 is 5.73 Å². The first-order chi connectivity index (χ1) is 3.77. The maximum atomic E-state index is 5.85. The SMILES string of the molecule is CCC1(N)CCCN1. The Morgan fingerprint density at radius 1 is 1.75 bits per heavy atom. The van der Waals surface area contributed by atoms with Gasteiger partial charge in [-0.2, -0.15) is 0 Å². The summed E-state index contributed by atoms with van der Waals surface area (Å²) in [6.07, 6.45) is 3.43. The Balaban J connectivity index is 2.40. The van der Waals surface area contributed by atoms with E-state index in [1.165, 1.54) is 6.42 Å². The standard InChI is InChI=1S/C6H14N2/c1-2-6(7)4-3-5-8-6/h8H,2-5,7H2,1H3. The second-order valence-corrected chi connectivity index (χ2v) is 2.54. The van der Waals surface area contributed by atoms with Gasteiger partial charge in [0, 0.05) is 0 Å². The van der Waals surface area contributed by atoms with Crippen molar-refractivity contribution in [2.45, 2.75) is 31.8 Å². The second kappa shape index (κ2) is 2.03. The largest absolute Gasteiger partial charge is 0.313 e. The molecule has 1 fully saturated rings. The zero-order valence-corrected chi connectivity index (χ0v) is 5.41. The third-order valence-electron chi connectivity index (χ3n) is 1.91. The molecule has 0 bridgehead atoms. The lowest BCUT2D eigenvalue weighted by molar-refractivity contribution is 0.377. The van der Waals surface area contributed by atoms with E-state index in [2.05, 4.69) is 12.2 Å². The molecule has 0 spiro atoms. The summed E-state index contributed by atoms with van der Waals surface area (Å²) in [6, 6.07) is 0. The van der Waals surface area contributed by atoms with Crippen molar-refractivity contribution < 1.29 is 0 Å². The fourth-order valence-electron chi connectivity index (χ4n) is 1.13. The molecule has 1 aliphatic rings. The van der Waals surface area contributed by atoms with Gasteiger partial charge in [0.2, 0.25) is 0 Å². The Labute approximate surface area is 50.4 Å². The van der Waals surface area contributed by atoms with E-state index < -0.39 is 0 Å². The molecule has 0 aromatic rings. The molecule has 1 unspecified atom stereocenters. The predicted octanol–water partition coefficient (Wildman–Crippen LogP) is 0.435. The van der Waals surface area contributed by atoms with Crippen molar-refractivity contribution in [1.29, 1.82) is 0 Å². The first kappa shape index (κ1) is 6.05. The number of nitrogens with two attached hydrogens (primary N) is 1. The summed E-state index contributed by atoms with van der Waals surface area (Å²) < 4.78 is 0. The van der Waals surface area contributed by atoms with Crippen molar-refractivity contribution in [3.05, 3.63) is 0 Å². The molecule has 2 heteroatoms. The normalized spacial score (nSPS) is 38.2. The zero-order valence-electron chi connectivity index (χ0n) is 5.41. The van der Waals surface area contributed by atoms with Crippen LogP contribution in [0.15, 0.2) is 0 Å².